The number of fused-ring (bicyclic) bond motifs is 1. The lowest BCUT2D eigenvalue weighted by Gasteiger charge is -2.29. The largest absolute Gasteiger partial charge is 0.493 e. The van der Waals surface area contributed by atoms with Crippen molar-refractivity contribution in [2.45, 2.75) is 26.4 Å². The molecule has 2 aromatic rings. The van der Waals surface area contributed by atoms with Crippen molar-refractivity contribution in [3.05, 3.63) is 47.0 Å². The van der Waals surface area contributed by atoms with E-state index in [0.717, 1.165) is 23.4 Å². The quantitative estimate of drug-likeness (QED) is 0.920. The maximum atomic E-state index is 12.5. The lowest BCUT2D eigenvalue weighted by Crippen LogP contribution is -2.42. The number of methoxy groups -OCH3 is 2. The topological polar surface area (TPSA) is 76.6 Å². The lowest BCUT2D eigenvalue weighted by molar-refractivity contribution is 0.191. The van der Waals surface area contributed by atoms with Crippen LogP contribution in [0.2, 0.25) is 0 Å². The van der Waals surface area contributed by atoms with Crippen LogP contribution in [-0.4, -0.2) is 41.7 Å². The van der Waals surface area contributed by atoms with Crippen molar-refractivity contribution in [1.82, 2.24) is 20.2 Å². The van der Waals surface area contributed by atoms with Crippen LogP contribution in [0.5, 0.6) is 11.5 Å². The lowest BCUT2D eigenvalue weighted by atomic mass is 9.99. The molecule has 1 aromatic carbocycles. The first-order valence-corrected chi connectivity index (χ1v) is 8.15. The van der Waals surface area contributed by atoms with Crippen LogP contribution in [0.4, 0.5) is 4.79 Å². The van der Waals surface area contributed by atoms with E-state index in [1.807, 2.05) is 19.1 Å². The maximum Gasteiger partial charge on any atom is 0.318 e. The standard InChI is InChI=1S/C18H22N4O3/c1-12-19-6-4-15(21-12)10-20-18(23)22-7-5-13-8-16(24-2)17(25-3)9-14(13)11-22/h4,6,8-9H,5,7,10-11H2,1-3H3,(H,20,23). The van der Waals surface area contributed by atoms with Gasteiger partial charge in [-0.15, -0.1) is 0 Å². The molecule has 0 aliphatic carbocycles. The van der Waals surface area contributed by atoms with Crippen LogP contribution in [0, 0.1) is 6.92 Å². The number of nitrogens with zero attached hydrogens (tertiary/aromatic N) is 3. The van der Waals surface area contributed by atoms with E-state index in [1.165, 1.54) is 5.56 Å². The number of hydrogen-bond donors (Lipinski definition) is 1. The van der Waals surface area contributed by atoms with Gasteiger partial charge >= 0.3 is 6.03 Å². The Hall–Kier alpha value is -2.83. The second-order valence-corrected chi connectivity index (χ2v) is 5.90. The van der Waals surface area contributed by atoms with Crippen molar-refractivity contribution >= 4 is 6.03 Å². The average molecular weight is 342 g/mol. The van der Waals surface area contributed by atoms with E-state index >= 15 is 0 Å². The van der Waals surface area contributed by atoms with E-state index in [4.69, 9.17) is 9.47 Å². The number of nitrogens with one attached hydrogen (secondary N) is 1. The van der Waals surface area contributed by atoms with E-state index in [0.29, 0.717) is 31.2 Å². The third kappa shape index (κ3) is 3.81. The molecule has 0 unspecified atom stereocenters. The van der Waals surface area contributed by atoms with E-state index in [1.54, 1.807) is 31.4 Å². The number of carbonyl (C=O) groups excluding carboxylic acids is 1. The monoisotopic (exact) mass is 342 g/mol. The summed E-state index contributed by atoms with van der Waals surface area (Å²) in [6.45, 7) is 3.42. The zero-order valence-corrected chi connectivity index (χ0v) is 14.7. The summed E-state index contributed by atoms with van der Waals surface area (Å²) in [5.74, 6) is 2.10. The number of amides is 2. The molecule has 0 saturated heterocycles. The minimum absolute atomic E-state index is 0.100. The fraction of sp³-hybridized carbons (Fsp3) is 0.389. The molecule has 0 spiro atoms. The Morgan fingerprint density at radius 2 is 1.96 bits per heavy atom. The molecule has 0 atom stereocenters. The van der Waals surface area contributed by atoms with Gasteiger partial charge in [0.25, 0.3) is 0 Å². The zero-order valence-electron chi connectivity index (χ0n) is 14.7. The van der Waals surface area contributed by atoms with Crippen molar-refractivity contribution in [2.75, 3.05) is 20.8 Å². The summed E-state index contributed by atoms with van der Waals surface area (Å²) in [7, 11) is 3.24. The average Bonchev–Trinajstić information content (AvgIpc) is 2.64. The molecule has 7 nitrogen and oxygen atoms in total. The van der Waals surface area contributed by atoms with Crippen LogP contribution >= 0.6 is 0 Å². The van der Waals surface area contributed by atoms with Gasteiger partial charge in [-0.3, -0.25) is 0 Å². The molecular weight excluding hydrogens is 320 g/mol. The second kappa shape index (κ2) is 7.38. The summed E-state index contributed by atoms with van der Waals surface area (Å²) in [6, 6.07) is 5.64. The fourth-order valence-electron chi connectivity index (χ4n) is 2.94. The number of rotatable bonds is 4. The molecule has 25 heavy (non-hydrogen) atoms. The van der Waals surface area contributed by atoms with Crippen LogP contribution < -0.4 is 14.8 Å². The molecule has 7 heteroatoms. The van der Waals surface area contributed by atoms with E-state index in [-0.39, 0.29) is 6.03 Å². The van der Waals surface area contributed by atoms with Gasteiger partial charge in [-0.1, -0.05) is 0 Å². The normalized spacial score (nSPS) is 13.2. The Bertz CT molecular complexity index is 779. The number of aromatic nitrogens is 2. The second-order valence-electron chi connectivity index (χ2n) is 5.90. The molecule has 132 valence electrons. The number of carbonyl (C=O) groups is 1. The summed E-state index contributed by atoms with van der Waals surface area (Å²) in [5, 5.41) is 2.92. The molecule has 2 heterocycles. The van der Waals surface area contributed by atoms with Crippen molar-refractivity contribution in [2.24, 2.45) is 0 Å². The van der Waals surface area contributed by atoms with Gasteiger partial charge in [-0.2, -0.15) is 0 Å². The first-order valence-electron chi connectivity index (χ1n) is 8.15. The molecule has 0 saturated carbocycles. The van der Waals surface area contributed by atoms with Crippen molar-refractivity contribution in [1.29, 1.82) is 0 Å². The van der Waals surface area contributed by atoms with Gasteiger partial charge in [0.05, 0.1) is 26.5 Å². The van der Waals surface area contributed by atoms with E-state index < -0.39 is 0 Å². The SMILES string of the molecule is COc1cc2c(cc1OC)CN(C(=O)NCc1ccnc(C)n1)CC2. The molecule has 0 radical (unpaired) electrons. The number of benzene rings is 1. The van der Waals surface area contributed by atoms with E-state index in [2.05, 4.69) is 15.3 Å². The smallest absolute Gasteiger partial charge is 0.318 e. The molecule has 0 fully saturated rings. The summed E-state index contributed by atoms with van der Waals surface area (Å²) >= 11 is 0. The highest BCUT2D eigenvalue weighted by molar-refractivity contribution is 5.74. The van der Waals surface area contributed by atoms with Crippen LogP contribution in [0.3, 0.4) is 0 Å². The molecule has 0 bridgehead atoms. The van der Waals surface area contributed by atoms with Crippen molar-refractivity contribution in [3.63, 3.8) is 0 Å². The van der Waals surface area contributed by atoms with Crippen LogP contribution in [0.1, 0.15) is 22.6 Å². The van der Waals surface area contributed by atoms with Crippen molar-refractivity contribution < 1.29 is 14.3 Å². The number of urea groups is 1. The fourth-order valence-corrected chi connectivity index (χ4v) is 2.94. The Balaban J connectivity index is 1.66. The summed E-state index contributed by atoms with van der Waals surface area (Å²) in [4.78, 5) is 22.6. The number of ether oxygens (including phenoxy) is 2. The van der Waals surface area contributed by atoms with E-state index in [9.17, 15) is 4.79 Å². The highest BCUT2D eigenvalue weighted by atomic mass is 16.5. The third-order valence-corrected chi connectivity index (χ3v) is 4.26. The van der Waals surface area contributed by atoms with Gasteiger partial charge in [-0.05, 0) is 42.7 Å². The molecular formula is C18H22N4O3. The van der Waals surface area contributed by atoms with Crippen LogP contribution in [0.25, 0.3) is 0 Å². The molecule has 2 amide bonds. The molecule has 3 rings (SSSR count). The third-order valence-electron chi connectivity index (χ3n) is 4.26. The predicted molar refractivity (Wildman–Crippen MR) is 92.7 cm³/mol. The van der Waals surface area contributed by atoms with Crippen LogP contribution in [0.15, 0.2) is 24.4 Å². The Labute approximate surface area is 147 Å². The van der Waals surface area contributed by atoms with Crippen LogP contribution in [-0.2, 0) is 19.5 Å². The molecule has 1 aromatic heterocycles. The molecule has 1 aliphatic rings. The highest BCUT2D eigenvalue weighted by Gasteiger charge is 2.22. The summed E-state index contributed by atoms with van der Waals surface area (Å²) in [6.07, 6.45) is 2.48. The van der Waals surface area contributed by atoms with Gasteiger partial charge in [0, 0.05) is 19.3 Å². The van der Waals surface area contributed by atoms with Gasteiger partial charge in [-0.25, -0.2) is 14.8 Å². The first kappa shape index (κ1) is 17.0. The summed E-state index contributed by atoms with van der Waals surface area (Å²) < 4.78 is 10.7. The predicted octanol–water partition coefficient (Wildman–Crippen LogP) is 2.07. The van der Waals surface area contributed by atoms with Gasteiger partial charge in [0.1, 0.15) is 5.82 Å². The Morgan fingerprint density at radius 1 is 1.24 bits per heavy atom. The molecule has 1 N–H and O–H groups in total. The first-order chi connectivity index (χ1) is 12.1. The minimum atomic E-state index is -0.100. The molecule has 1 aliphatic heterocycles. The van der Waals surface area contributed by atoms with Gasteiger partial charge in [0.2, 0.25) is 0 Å². The number of hydrogen-bond acceptors (Lipinski definition) is 5. The zero-order chi connectivity index (χ0) is 17.8. The van der Waals surface area contributed by atoms with Gasteiger partial charge < -0.3 is 19.7 Å². The summed E-state index contributed by atoms with van der Waals surface area (Å²) in [5.41, 5.74) is 3.06. The minimum Gasteiger partial charge on any atom is -0.493 e. The highest BCUT2D eigenvalue weighted by Crippen LogP contribution is 2.33. The van der Waals surface area contributed by atoms with Gasteiger partial charge in [0.15, 0.2) is 11.5 Å². The Kier molecular flexibility index (Phi) is 5.02. The Morgan fingerprint density at radius 3 is 2.64 bits per heavy atom. The maximum absolute atomic E-state index is 12.5. The van der Waals surface area contributed by atoms with Crippen molar-refractivity contribution in [3.8, 4) is 11.5 Å². The number of aryl methyl sites for hydroxylation is 1.